The second-order valence-corrected chi connectivity index (χ2v) is 5.40. The average Bonchev–Trinajstić information content (AvgIpc) is 2.76. The van der Waals surface area contributed by atoms with Gasteiger partial charge in [-0.15, -0.1) is 5.10 Å². The maximum atomic E-state index is 12.6. The van der Waals surface area contributed by atoms with E-state index in [1.807, 2.05) is 0 Å². The molecule has 0 aliphatic heterocycles. The van der Waals surface area contributed by atoms with Crippen LogP contribution < -0.4 is 11.4 Å². The third-order valence-electron chi connectivity index (χ3n) is 3.08. The fraction of sp³-hybridized carbons (Fsp3) is 0.308. The Bertz CT molecular complexity index is 797. The highest BCUT2D eigenvalue weighted by molar-refractivity contribution is 6.30. The van der Waals surface area contributed by atoms with Gasteiger partial charge in [-0.3, -0.25) is 9.98 Å². The molecule has 0 aliphatic carbocycles. The molecule has 0 radical (unpaired) electrons. The summed E-state index contributed by atoms with van der Waals surface area (Å²) in [5.41, 5.74) is 4.62. The molecule has 2 aromatic rings. The normalized spacial score (nSPS) is 13.0. The Balaban J connectivity index is 2.53. The van der Waals surface area contributed by atoms with Crippen molar-refractivity contribution in [2.24, 2.45) is 5.73 Å². The van der Waals surface area contributed by atoms with Crippen molar-refractivity contribution in [3.05, 3.63) is 39.8 Å². The third kappa shape index (κ3) is 3.95. The van der Waals surface area contributed by atoms with Crippen LogP contribution in [0.3, 0.4) is 0 Å². The summed E-state index contributed by atoms with van der Waals surface area (Å²) in [6.45, 7) is -1.41. The van der Waals surface area contributed by atoms with E-state index in [2.05, 4.69) is 5.10 Å². The Morgan fingerprint density at radius 1 is 1.38 bits per heavy atom. The minimum atomic E-state index is -4.89. The van der Waals surface area contributed by atoms with Gasteiger partial charge in [0, 0.05) is 10.6 Å². The number of alkyl halides is 3. The van der Waals surface area contributed by atoms with Crippen LogP contribution in [-0.4, -0.2) is 37.6 Å². The number of hydrogen-bond donors (Lipinski definition) is 3. The maximum Gasteiger partial charge on any atom is 0.416 e. The smallest absolute Gasteiger partial charge is 0.386 e. The molecule has 130 valence electrons. The molecule has 0 amide bonds. The van der Waals surface area contributed by atoms with Gasteiger partial charge >= 0.3 is 11.9 Å². The van der Waals surface area contributed by atoms with Crippen LogP contribution in [0.5, 0.6) is 0 Å². The summed E-state index contributed by atoms with van der Waals surface area (Å²) in [5.74, 6) is -0.484. The lowest BCUT2D eigenvalue weighted by atomic mass is 10.2. The van der Waals surface area contributed by atoms with Crippen molar-refractivity contribution in [2.45, 2.75) is 25.4 Å². The van der Waals surface area contributed by atoms with Gasteiger partial charge in [0.1, 0.15) is 12.4 Å². The van der Waals surface area contributed by atoms with Crippen molar-refractivity contribution in [1.82, 2.24) is 14.3 Å². The predicted octanol–water partition coefficient (Wildman–Crippen LogP) is 1.22. The molecule has 24 heavy (non-hydrogen) atoms. The van der Waals surface area contributed by atoms with Gasteiger partial charge in [-0.25, -0.2) is 9.48 Å². The van der Waals surface area contributed by atoms with Gasteiger partial charge in [0.15, 0.2) is 11.9 Å². The van der Waals surface area contributed by atoms with Gasteiger partial charge in [-0.1, -0.05) is 11.6 Å². The first kappa shape index (κ1) is 18.0. The first-order valence-electron chi connectivity index (χ1n) is 6.61. The minimum Gasteiger partial charge on any atom is -0.386 e. The van der Waals surface area contributed by atoms with E-state index in [9.17, 15) is 23.1 Å². The number of nitrogens with one attached hydrogen (secondary N) is 1. The lowest BCUT2D eigenvalue weighted by Crippen LogP contribution is -2.37. The maximum absolute atomic E-state index is 12.6. The van der Waals surface area contributed by atoms with E-state index in [0.29, 0.717) is 15.2 Å². The molecule has 1 atom stereocenters. The Morgan fingerprint density at radius 3 is 2.46 bits per heavy atom. The lowest BCUT2D eigenvalue weighted by Gasteiger charge is -2.15. The van der Waals surface area contributed by atoms with Gasteiger partial charge in [0.2, 0.25) is 0 Å². The molecule has 0 saturated heterocycles. The van der Waals surface area contributed by atoms with E-state index in [-0.39, 0.29) is 18.2 Å². The first-order chi connectivity index (χ1) is 11.1. The number of nitrogens with zero attached hydrogens (tertiary/aromatic N) is 3. The fourth-order valence-electron chi connectivity index (χ4n) is 1.96. The fourth-order valence-corrected chi connectivity index (χ4v) is 2.08. The van der Waals surface area contributed by atoms with Crippen LogP contribution in [-0.2, 0) is 13.1 Å². The van der Waals surface area contributed by atoms with Crippen LogP contribution in [0.15, 0.2) is 29.1 Å². The van der Waals surface area contributed by atoms with Crippen LogP contribution >= 0.6 is 11.6 Å². The number of rotatable bonds is 5. The number of halogens is 4. The summed E-state index contributed by atoms with van der Waals surface area (Å²) >= 11 is 5.76. The SMILES string of the molecule is N=C(N)Cn1nc(-c2ccc(Cl)cc2)n(C[C@H](O)C(F)(F)F)c1=O. The molecule has 7 nitrogen and oxygen atoms in total. The molecule has 1 aromatic heterocycles. The quantitative estimate of drug-likeness (QED) is 0.548. The molecule has 0 aliphatic rings. The molecule has 11 heteroatoms. The van der Waals surface area contributed by atoms with Crippen molar-refractivity contribution < 1.29 is 18.3 Å². The molecule has 2 rings (SSSR count). The highest BCUT2D eigenvalue weighted by atomic mass is 35.5. The number of hydrogen-bond acceptors (Lipinski definition) is 4. The molecule has 0 saturated carbocycles. The van der Waals surface area contributed by atoms with Crippen LogP contribution in [0, 0.1) is 5.41 Å². The van der Waals surface area contributed by atoms with Crippen molar-refractivity contribution in [3.8, 4) is 11.4 Å². The summed E-state index contributed by atoms with van der Waals surface area (Å²) < 4.78 is 39.3. The van der Waals surface area contributed by atoms with E-state index in [4.69, 9.17) is 22.7 Å². The zero-order valence-electron chi connectivity index (χ0n) is 12.1. The van der Waals surface area contributed by atoms with E-state index >= 15 is 0 Å². The van der Waals surface area contributed by atoms with Crippen molar-refractivity contribution in [3.63, 3.8) is 0 Å². The van der Waals surface area contributed by atoms with Crippen LogP contribution in [0.2, 0.25) is 5.02 Å². The number of aliphatic hydroxyl groups is 1. The Hall–Kier alpha value is -2.33. The lowest BCUT2D eigenvalue weighted by molar-refractivity contribution is -0.207. The number of amidine groups is 1. The van der Waals surface area contributed by atoms with E-state index < -0.39 is 24.5 Å². The summed E-state index contributed by atoms with van der Waals surface area (Å²) in [6.07, 6.45) is -7.63. The Kier molecular flexibility index (Phi) is 4.99. The number of benzene rings is 1. The van der Waals surface area contributed by atoms with E-state index in [0.717, 1.165) is 4.68 Å². The molecule has 0 fully saturated rings. The largest absolute Gasteiger partial charge is 0.416 e. The van der Waals surface area contributed by atoms with Crippen LogP contribution in [0.25, 0.3) is 11.4 Å². The average molecular weight is 364 g/mol. The second kappa shape index (κ2) is 6.65. The van der Waals surface area contributed by atoms with Crippen molar-refractivity contribution in [1.29, 1.82) is 5.41 Å². The van der Waals surface area contributed by atoms with Gasteiger partial charge in [0.25, 0.3) is 0 Å². The molecule has 4 N–H and O–H groups in total. The second-order valence-electron chi connectivity index (χ2n) is 4.96. The molecule has 0 spiro atoms. The standard InChI is InChI=1S/C13H13ClF3N5O2/c14-8-3-1-7(2-4-8)11-20-22(6-10(18)19)12(24)21(11)5-9(23)13(15,16)17/h1-4,9,23H,5-6H2,(H3,18,19)/t9-/m0/s1. The van der Waals surface area contributed by atoms with Crippen LogP contribution in [0.1, 0.15) is 0 Å². The predicted molar refractivity (Wildman–Crippen MR) is 80.9 cm³/mol. The molecular weight excluding hydrogens is 351 g/mol. The van der Waals surface area contributed by atoms with Gasteiger partial charge in [0.05, 0.1) is 6.54 Å². The molecular formula is C13H13ClF3N5O2. The topological polar surface area (TPSA) is 110 Å². The highest BCUT2D eigenvalue weighted by Crippen LogP contribution is 2.23. The van der Waals surface area contributed by atoms with E-state index in [1.54, 1.807) is 0 Å². The molecule has 0 bridgehead atoms. The van der Waals surface area contributed by atoms with Gasteiger partial charge < -0.3 is 10.8 Å². The summed E-state index contributed by atoms with van der Waals surface area (Å²) in [7, 11) is 0. The summed E-state index contributed by atoms with van der Waals surface area (Å²) in [4.78, 5) is 12.2. The third-order valence-corrected chi connectivity index (χ3v) is 3.33. The number of aliphatic hydroxyl groups excluding tert-OH is 1. The van der Waals surface area contributed by atoms with Gasteiger partial charge in [-0.2, -0.15) is 13.2 Å². The Morgan fingerprint density at radius 2 is 1.96 bits per heavy atom. The van der Waals surface area contributed by atoms with Crippen molar-refractivity contribution >= 4 is 17.4 Å². The molecule has 1 aromatic carbocycles. The molecule has 1 heterocycles. The zero-order valence-corrected chi connectivity index (χ0v) is 12.8. The number of aromatic nitrogens is 3. The van der Waals surface area contributed by atoms with Crippen molar-refractivity contribution in [2.75, 3.05) is 0 Å². The monoisotopic (exact) mass is 363 g/mol. The van der Waals surface area contributed by atoms with Crippen LogP contribution in [0.4, 0.5) is 13.2 Å². The summed E-state index contributed by atoms with van der Waals surface area (Å²) in [5, 5.41) is 20.8. The number of nitrogens with two attached hydrogens (primary N) is 1. The zero-order chi connectivity index (χ0) is 18.1. The highest BCUT2D eigenvalue weighted by Gasteiger charge is 2.39. The Labute approximate surface area is 138 Å². The van der Waals surface area contributed by atoms with Gasteiger partial charge in [-0.05, 0) is 24.3 Å². The molecule has 0 unspecified atom stereocenters. The minimum absolute atomic E-state index is 0.0961. The van der Waals surface area contributed by atoms with E-state index in [1.165, 1.54) is 24.3 Å². The summed E-state index contributed by atoms with van der Waals surface area (Å²) in [6, 6.07) is 5.91. The first-order valence-corrected chi connectivity index (χ1v) is 6.98.